The summed E-state index contributed by atoms with van der Waals surface area (Å²) in [5, 5.41) is 0. The molecular weight excluding hydrogens is 279 g/mol. The maximum absolute atomic E-state index is 14.1. The van der Waals surface area contributed by atoms with Crippen LogP contribution in [0.1, 0.15) is 0 Å². The standard InChI is InChI=1S/C14H9F5O/c15-10-4-2-1-3-8(10)9-5-6-11(16)14(13(9)19)20-7-12(17)18/h1-6,12H,7H2. The average Bonchev–Trinajstić information content (AvgIpc) is 2.40. The van der Waals surface area contributed by atoms with Crippen molar-refractivity contribution >= 4 is 0 Å². The number of benzene rings is 2. The van der Waals surface area contributed by atoms with E-state index < -0.39 is 36.2 Å². The van der Waals surface area contributed by atoms with Crippen LogP contribution in [-0.4, -0.2) is 13.0 Å². The lowest BCUT2D eigenvalue weighted by molar-refractivity contribution is 0.0778. The smallest absolute Gasteiger partial charge is 0.272 e. The SMILES string of the molecule is Fc1ccccc1-c1ccc(F)c(OCC(F)F)c1F. The second kappa shape index (κ2) is 5.90. The zero-order valence-corrected chi connectivity index (χ0v) is 10.0. The summed E-state index contributed by atoms with van der Waals surface area (Å²) in [6, 6.07) is 7.15. The number of ether oxygens (including phenoxy) is 1. The largest absolute Gasteiger partial charge is 0.482 e. The van der Waals surface area contributed by atoms with Crippen LogP contribution in [0.3, 0.4) is 0 Å². The Balaban J connectivity index is 2.46. The van der Waals surface area contributed by atoms with Gasteiger partial charge in [-0.1, -0.05) is 18.2 Å². The molecule has 106 valence electrons. The maximum atomic E-state index is 14.1. The molecule has 0 unspecified atom stereocenters. The molecule has 2 rings (SSSR count). The molecule has 0 aromatic heterocycles. The molecule has 0 atom stereocenters. The third kappa shape index (κ3) is 2.89. The van der Waals surface area contributed by atoms with Crippen molar-refractivity contribution in [3.63, 3.8) is 0 Å². The second-order valence-corrected chi connectivity index (χ2v) is 3.92. The minimum atomic E-state index is -2.87. The molecule has 0 aliphatic carbocycles. The van der Waals surface area contributed by atoms with Gasteiger partial charge in [0, 0.05) is 11.1 Å². The minimum absolute atomic E-state index is 0.105. The quantitative estimate of drug-likeness (QED) is 0.757. The fourth-order valence-electron chi connectivity index (χ4n) is 1.70. The number of alkyl halides is 2. The van der Waals surface area contributed by atoms with Gasteiger partial charge in [-0.2, -0.15) is 0 Å². The van der Waals surface area contributed by atoms with Crippen LogP contribution in [-0.2, 0) is 0 Å². The van der Waals surface area contributed by atoms with Gasteiger partial charge >= 0.3 is 0 Å². The van der Waals surface area contributed by atoms with Crippen LogP contribution >= 0.6 is 0 Å². The van der Waals surface area contributed by atoms with Gasteiger partial charge in [-0.3, -0.25) is 0 Å². The van der Waals surface area contributed by atoms with E-state index in [1.54, 1.807) is 0 Å². The molecule has 0 spiro atoms. The third-order valence-corrected chi connectivity index (χ3v) is 2.57. The van der Waals surface area contributed by atoms with E-state index in [1.165, 1.54) is 18.2 Å². The summed E-state index contributed by atoms with van der Waals surface area (Å²) in [6.07, 6.45) is -2.87. The van der Waals surface area contributed by atoms with Crippen molar-refractivity contribution in [1.29, 1.82) is 0 Å². The Hall–Kier alpha value is -2.11. The number of hydrogen-bond donors (Lipinski definition) is 0. The van der Waals surface area contributed by atoms with Gasteiger partial charge in [0.2, 0.25) is 0 Å². The Labute approximate surface area is 111 Å². The van der Waals surface area contributed by atoms with Gasteiger partial charge in [-0.25, -0.2) is 22.0 Å². The molecule has 0 aliphatic rings. The Morgan fingerprint density at radius 2 is 1.55 bits per heavy atom. The molecule has 0 aliphatic heterocycles. The summed E-state index contributed by atoms with van der Waals surface area (Å²) in [7, 11) is 0. The summed E-state index contributed by atoms with van der Waals surface area (Å²) in [6.45, 7) is -1.14. The van der Waals surface area contributed by atoms with Crippen LogP contribution in [0.4, 0.5) is 22.0 Å². The van der Waals surface area contributed by atoms with Gasteiger partial charge in [0.25, 0.3) is 6.43 Å². The highest BCUT2D eigenvalue weighted by molar-refractivity contribution is 5.66. The first kappa shape index (κ1) is 14.3. The van der Waals surface area contributed by atoms with E-state index in [2.05, 4.69) is 4.74 Å². The zero-order valence-electron chi connectivity index (χ0n) is 10.0. The monoisotopic (exact) mass is 288 g/mol. The van der Waals surface area contributed by atoms with Crippen LogP contribution in [0.15, 0.2) is 36.4 Å². The van der Waals surface area contributed by atoms with Gasteiger partial charge in [0.05, 0.1) is 0 Å². The lowest BCUT2D eigenvalue weighted by Crippen LogP contribution is -2.09. The zero-order chi connectivity index (χ0) is 14.7. The van der Waals surface area contributed by atoms with Crippen molar-refractivity contribution in [3.05, 3.63) is 53.8 Å². The normalized spacial score (nSPS) is 10.9. The predicted octanol–water partition coefficient (Wildman–Crippen LogP) is 4.41. The summed E-state index contributed by atoms with van der Waals surface area (Å²) in [5.41, 5.74) is -0.360. The Kier molecular flexibility index (Phi) is 4.22. The molecule has 0 N–H and O–H groups in total. The number of halogens is 5. The predicted molar refractivity (Wildman–Crippen MR) is 63.3 cm³/mol. The van der Waals surface area contributed by atoms with Crippen molar-refractivity contribution in [2.24, 2.45) is 0 Å². The van der Waals surface area contributed by atoms with Crippen molar-refractivity contribution in [3.8, 4) is 16.9 Å². The van der Waals surface area contributed by atoms with Crippen LogP contribution in [0, 0.1) is 17.5 Å². The molecule has 0 amide bonds. The summed E-state index contributed by atoms with van der Waals surface area (Å²) in [4.78, 5) is 0. The Bertz CT molecular complexity index is 613. The highest BCUT2D eigenvalue weighted by Crippen LogP contribution is 2.32. The lowest BCUT2D eigenvalue weighted by Gasteiger charge is -2.11. The molecule has 0 fully saturated rings. The second-order valence-electron chi connectivity index (χ2n) is 3.92. The van der Waals surface area contributed by atoms with E-state index in [4.69, 9.17) is 0 Å². The summed E-state index contributed by atoms with van der Waals surface area (Å²) >= 11 is 0. The molecule has 6 heteroatoms. The maximum Gasteiger partial charge on any atom is 0.272 e. The van der Waals surface area contributed by atoms with E-state index >= 15 is 0 Å². The highest BCUT2D eigenvalue weighted by Gasteiger charge is 2.19. The van der Waals surface area contributed by atoms with Crippen molar-refractivity contribution < 1.29 is 26.7 Å². The highest BCUT2D eigenvalue weighted by atomic mass is 19.3. The molecule has 20 heavy (non-hydrogen) atoms. The Morgan fingerprint density at radius 1 is 0.850 bits per heavy atom. The number of hydrogen-bond acceptors (Lipinski definition) is 1. The fourth-order valence-corrected chi connectivity index (χ4v) is 1.70. The van der Waals surface area contributed by atoms with Crippen LogP contribution < -0.4 is 4.74 Å². The van der Waals surface area contributed by atoms with Crippen LogP contribution in [0.2, 0.25) is 0 Å². The van der Waals surface area contributed by atoms with Gasteiger partial charge in [-0.15, -0.1) is 0 Å². The minimum Gasteiger partial charge on any atom is -0.482 e. The van der Waals surface area contributed by atoms with E-state index in [-0.39, 0.29) is 11.1 Å². The first-order valence-corrected chi connectivity index (χ1v) is 5.64. The van der Waals surface area contributed by atoms with Crippen molar-refractivity contribution in [2.75, 3.05) is 6.61 Å². The fraction of sp³-hybridized carbons (Fsp3) is 0.143. The average molecular weight is 288 g/mol. The molecule has 0 heterocycles. The van der Waals surface area contributed by atoms with Gasteiger partial charge < -0.3 is 4.74 Å². The van der Waals surface area contributed by atoms with E-state index in [1.807, 2.05) is 0 Å². The molecule has 0 radical (unpaired) electrons. The lowest BCUT2D eigenvalue weighted by atomic mass is 10.0. The van der Waals surface area contributed by atoms with Gasteiger partial charge in [0.15, 0.2) is 17.4 Å². The summed E-state index contributed by atoms with van der Waals surface area (Å²) < 4.78 is 69.5. The van der Waals surface area contributed by atoms with E-state index in [9.17, 15) is 22.0 Å². The van der Waals surface area contributed by atoms with Crippen LogP contribution in [0.25, 0.3) is 11.1 Å². The van der Waals surface area contributed by atoms with Crippen molar-refractivity contribution in [1.82, 2.24) is 0 Å². The van der Waals surface area contributed by atoms with Crippen molar-refractivity contribution in [2.45, 2.75) is 6.43 Å². The van der Waals surface area contributed by atoms with Gasteiger partial charge in [-0.05, 0) is 18.2 Å². The van der Waals surface area contributed by atoms with Gasteiger partial charge in [0.1, 0.15) is 12.4 Å². The molecule has 0 bridgehead atoms. The van der Waals surface area contributed by atoms with E-state index in [0.29, 0.717) is 0 Å². The first-order chi connectivity index (χ1) is 9.50. The number of rotatable bonds is 4. The third-order valence-electron chi connectivity index (χ3n) is 2.57. The molecule has 2 aromatic rings. The van der Waals surface area contributed by atoms with E-state index in [0.717, 1.165) is 18.2 Å². The molecular formula is C14H9F5O. The molecule has 2 aromatic carbocycles. The summed E-state index contributed by atoms with van der Waals surface area (Å²) in [5.74, 6) is -3.98. The van der Waals surface area contributed by atoms with Crippen LogP contribution in [0.5, 0.6) is 5.75 Å². The molecule has 0 saturated heterocycles. The topological polar surface area (TPSA) is 9.23 Å². The molecule has 1 nitrogen and oxygen atoms in total. The first-order valence-electron chi connectivity index (χ1n) is 5.64. The Morgan fingerprint density at radius 3 is 2.20 bits per heavy atom. The molecule has 0 saturated carbocycles.